The number of nitrogens with zero attached hydrogens (tertiary/aromatic N) is 1. The lowest BCUT2D eigenvalue weighted by Crippen LogP contribution is -2.43. The number of nitrogens with one attached hydrogen (secondary N) is 1. The molecule has 0 radical (unpaired) electrons. The number of hydrogen-bond acceptors (Lipinski definition) is 7. The molecular weight excluding hydrogens is 424 g/mol. The molecule has 2 aromatic heterocycles. The van der Waals surface area contributed by atoms with Crippen LogP contribution < -0.4 is 5.32 Å². The summed E-state index contributed by atoms with van der Waals surface area (Å²) in [5.74, 6) is -0.476. The topological polar surface area (TPSA) is 88.9 Å². The molecule has 158 valence electrons. The fraction of sp³-hybridized carbons (Fsp3) is 0.286. The number of carbonyl (C=O) groups excluding carboxylic acids is 1. The molecule has 30 heavy (non-hydrogen) atoms. The van der Waals surface area contributed by atoms with Crippen molar-refractivity contribution in [2.45, 2.75) is 16.0 Å². The van der Waals surface area contributed by atoms with E-state index in [0.29, 0.717) is 19.8 Å². The normalized spacial score (nSPS) is 16.3. The van der Waals surface area contributed by atoms with Gasteiger partial charge in [0, 0.05) is 24.5 Å². The highest BCUT2D eigenvalue weighted by molar-refractivity contribution is 7.91. The van der Waals surface area contributed by atoms with E-state index in [2.05, 4.69) is 10.2 Å². The minimum atomic E-state index is -3.80. The zero-order valence-corrected chi connectivity index (χ0v) is 17.8. The molecule has 4 rings (SSSR count). The maximum atomic E-state index is 12.7. The van der Waals surface area contributed by atoms with E-state index in [0.717, 1.165) is 18.0 Å². The first kappa shape index (κ1) is 20.8. The quantitative estimate of drug-likeness (QED) is 0.600. The largest absolute Gasteiger partial charge is 0.439 e. The molecule has 0 bridgehead atoms. The smallest absolute Gasteiger partial charge is 0.287 e. The van der Waals surface area contributed by atoms with Gasteiger partial charge in [-0.1, -0.05) is 24.3 Å². The molecule has 1 aliphatic heterocycles. The van der Waals surface area contributed by atoms with E-state index in [9.17, 15) is 13.2 Å². The van der Waals surface area contributed by atoms with Crippen LogP contribution in [0.4, 0.5) is 0 Å². The van der Waals surface area contributed by atoms with Gasteiger partial charge in [0.25, 0.3) is 5.91 Å². The maximum absolute atomic E-state index is 12.7. The van der Waals surface area contributed by atoms with Crippen LogP contribution in [0.1, 0.15) is 21.5 Å². The predicted molar refractivity (Wildman–Crippen MR) is 112 cm³/mol. The Hall–Kier alpha value is -2.46. The highest BCUT2D eigenvalue weighted by Crippen LogP contribution is 2.26. The standard InChI is InChI=1S/C21H22N2O5S2/c24-21(18-8-9-20(28-18)30(25,26)16-5-2-1-3-6-16)22-15-17(19-7-4-14-29-19)23-10-12-27-13-11-23/h1-9,14,17H,10-13,15H2,(H,22,24). The number of sulfone groups is 1. The van der Waals surface area contributed by atoms with Gasteiger partial charge >= 0.3 is 0 Å². The van der Waals surface area contributed by atoms with Gasteiger partial charge in [0.05, 0.1) is 24.2 Å². The molecule has 0 spiro atoms. The van der Waals surface area contributed by atoms with Crippen LogP contribution in [-0.4, -0.2) is 52.1 Å². The van der Waals surface area contributed by atoms with Gasteiger partial charge in [0.1, 0.15) is 0 Å². The molecule has 3 heterocycles. The zero-order valence-electron chi connectivity index (χ0n) is 16.2. The van der Waals surface area contributed by atoms with Gasteiger partial charge in [0.2, 0.25) is 14.9 Å². The van der Waals surface area contributed by atoms with Gasteiger partial charge in [0.15, 0.2) is 5.76 Å². The van der Waals surface area contributed by atoms with Crippen molar-refractivity contribution in [2.24, 2.45) is 0 Å². The lowest BCUT2D eigenvalue weighted by atomic mass is 10.2. The molecule has 1 aromatic carbocycles. The Morgan fingerprint density at radius 3 is 2.53 bits per heavy atom. The Labute approximate surface area is 179 Å². The Bertz CT molecular complexity index is 1070. The first-order valence-corrected chi connectivity index (χ1v) is 12.0. The molecule has 0 saturated carbocycles. The summed E-state index contributed by atoms with van der Waals surface area (Å²) >= 11 is 1.64. The number of thiophene rings is 1. The van der Waals surface area contributed by atoms with E-state index in [-0.39, 0.29) is 21.8 Å². The van der Waals surface area contributed by atoms with E-state index in [4.69, 9.17) is 9.15 Å². The molecule has 1 unspecified atom stereocenters. The van der Waals surface area contributed by atoms with Crippen molar-refractivity contribution in [3.05, 3.63) is 70.6 Å². The van der Waals surface area contributed by atoms with Gasteiger partial charge in [-0.15, -0.1) is 11.3 Å². The second-order valence-electron chi connectivity index (χ2n) is 6.82. The Balaban J connectivity index is 1.46. The predicted octanol–water partition coefficient (Wildman–Crippen LogP) is 2.98. The summed E-state index contributed by atoms with van der Waals surface area (Å²) in [6.45, 7) is 3.29. The highest BCUT2D eigenvalue weighted by atomic mass is 32.2. The first-order chi connectivity index (χ1) is 14.6. The van der Waals surface area contributed by atoms with E-state index < -0.39 is 15.7 Å². The van der Waals surface area contributed by atoms with Crippen molar-refractivity contribution in [3.8, 4) is 0 Å². The highest BCUT2D eigenvalue weighted by Gasteiger charge is 2.26. The van der Waals surface area contributed by atoms with Gasteiger partial charge < -0.3 is 14.5 Å². The molecule has 0 aliphatic carbocycles. The Morgan fingerprint density at radius 2 is 1.83 bits per heavy atom. The fourth-order valence-corrected chi connectivity index (χ4v) is 5.41. The van der Waals surface area contributed by atoms with Crippen molar-refractivity contribution < 1.29 is 22.4 Å². The second kappa shape index (κ2) is 9.13. The van der Waals surface area contributed by atoms with Crippen LogP contribution in [0.3, 0.4) is 0 Å². The van der Waals surface area contributed by atoms with E-state index in [1.807, 2.05) is 17.5 Å². The molecule has 9 heteroatoms. The van der Waals surface area contributed by atoms with Crippen molar-refractivity contribution in [3.63, 3.8) is 0 Å². The second-order valence-corrected chi connectivity index (χ2v) is 9.68. The summed E-state index contributed by atoms with van der Waals surface area (Å²) in [4.78, 5) is 16.2. The minimum absolute atomic E-state index is 0.0281. The summed E-state index contributed by atoms with van der Waals surface area (Å²) in [5.41, 5.74) is 0. The van der Waals surface area contributed by atoms with Gasteiger partial charge in [-0.2, -0.15) is 0 Å². The molecule has 1 saturated heterocycles. The van der Waals surface area contributed by atoms with Gasteiger partial charge in [-0.25, -0.2) is 8.42 Å². The molecular formula is C21H22N2O5S2. The fourth-order valence-electron chi connectivity index (χ4n) is 3.36. The van der Waals surface area contributed by atoms with Crippen LogP contribution in [-0.2, 0) is 14.6 Å². The van der Waals surface area contributed by atoms with Crippen LogP contribution >= 0.6 is 11.3 Å². The average Bonchev–Trinajstić information content (AvgIpc) is 3.48. The molecule has 1 N–H and O–H groups in total. The molecule has 1 aliphatic rings. The van der Waals surface area contributed by atoms with Crippen LogP contribution in [0.5, 0.6) is 0 Å². The van der Waals surface area contributed by atoms with Crippen LogP contribution in [0.15, 0.2) is 74.4 Å². The summed E-state index contributed by atoms with van der Waals surface area (Å²) in [6.07, 6.45) is 0. The summed E-state index contributed by atoms with van der Waals surface area (Å²) in [6, 6.07) is 14.8. The third-order valence-corrected chi connectivity index (χ3v) is 7.55. The third-order valence-electron chi connectivity index (χ3n) is 4.94. The zero-order chi connectivity index (χ0) is 21.0. The molecule has 3 aromatic rings. The number of benzene rings is 1. The van der Waals surface area contributed by atoms with Crippen molar-refractivity contribution >= 4 is 27.1 Å². The number of carbonyl (C=O) groups is 1. The number of hydrogen-bond donors (Lipinski definition) is 1. The number of morpholine rings is 1. The van der Waals surface area contributed by atoms with Crippen LogP contribution in [0.25, 0.3) is 0 Å². The van der Waals surface area contributed by atoms with E-state index in [1.165, 1.54) is 24.3 Å². The molecule has 1 amide bonds. The van der Waals surface area contributed by atoms with Crippen molar-refractivity contribution in [1.29, 1.82) is 0 Å². The van der Waals surface area contributed by atoms with Crippen LogP contribution in [0, 0.1) is 0 Å². The monoisotopic (exact) mass is 446 g/mol. The van der Waals surface area contributed by atoms with E-state index in [1.54, 1.807) is 29.5 Å². The Morgan fingerprint density at radius 1 is 1.07 bits per heavy atom. The third kappa shape index (κ3) is 4.49. The van der Waals surface area contributed by atoms with E-state index >= 15 is 0 Å². The number of furan rings is 1. The van der Waals surface area contributed by atoms with Crippen molar-refractivity contribution in [2.75, 3.05) is 32.8 Å². The minimum Gasteiger partial charge on any atom is -0.439 e. The SMILES string of the molecule is O=C(NCC(c1cccs1)N1CCOCC1)c1ccc(S(=O)(=O)c2ccccc2)o1. The number of amides is 1. The lowest BCUT2D eigenvalue weighted by molar-refractivity contribution is 0.0168. The van der Waals surface area contributed by atoms with Gasteiger partial charge in [-0.05, 0) is 35.7 Å². The average molecular weight is 447 g/mol. The molecule has 1 atom stereocenters. The number of ether oxygens (including phenoxy) is 1. The number of rotatable bonds is 7. The molecule has 1 fully saturated rings. The first-order valence-electron chi connectivity index (χ1n) is 9.59. The van der Waals surface area contributed by atoms with Crippen LogP contribution in [0.2, 0.25) is 0 Å². The van der Waals surface area contributed by atoms with Crippen molar-refractivity contribution in [1.82, 2.24) is 10.2 Å². The summed E-state index contributed by atoms with van der Waals surface area (Å²) < 4.78 is 36.1. The summed E-state index contributed by atoms with van der Waals surface area (Å²) in [7, 11) is -3.80. The Kier molecular flexibility index (Phi) is 6.33. The maximum Gasteiger partial charge on any atom is 0.287 e. The lowest BCUT2D eigenvalue weighted by Gasteiger charge is -2.34. The summed E-state index contributed by atoms with van der Waals surface area (Å²) in [5, 5.41) is 4.65. The molecule has 7 nitrogen and oxygen atoms in total. The van der Waals surface area contributed by atoms with Gasteiger partial charge in [-0.3, -0.25) is 9.69 Å².